The van der Waals surface area contributed by atoms with Crippen LogP contribution in [-0.4, -0.2) is 49.8 Å². The number of nitrogens with zero attached hydrogens (tertiary/aromatic N) is 2. The Kier molecular flexibility index (Phi) is 11.7. The lowest BCUT2D eigenvalue weighted by Crippen LogP contribution is -2.48. The average molecular weight is 577 g/mol. The molecule has 0 aliphatic carbocycles. The van der Waals surface area contributed by atoms with Crippen LogP contribution in [0.3, 0.4) is 0 Å². The highest BCUT2D eigenvalue weighted by Crippen LogP contribution is 2.21. The molecule has 1 fully saturated rings. The van der Waals surface area contributed by atoms with Crippen molar-refractivity contribution in [2.75, 3.05) is 26.7 Å². The molecule has 9 heteroatoms. The van der Waals surface area contributed by atoms with Gasteiger partial charge in [0.1, 0.15) is 0 Å². The fourth-order valence-corrected chi connectivity index (χ4v) is 3.39. The van der Waals surface area contributed by atoms with Crippen LogP contribution in [-0.2, 0) is 6.54 Å². The minimum atomic E-state index is -4.07. The maximum Gasteiger partial charge on any atom is 0.389 e. The number of halogens is 5. The largest absolute Gasteiger partial charge is 0.389 e. The van der Waals surface area contributed by atoms with Gasteiger partial charge in [0, 0.05) is 50.2 Å². The maximum atomic E-state index is 12.1. The van der Waals surface area contributed by atoms with Crippen molar-refractivity contribution in [1.82, 2.24) is 15.5 Å². The third-order valence-electron chi connectivity index (χ3n) is 4.65. The molecule has 0 aromatic heterocycles. The van der Waals surface area contributed by atoms with E-state index in [-0.39, 0.29) is 30.4 Å². The van der Waals surface area contributed by atoms with Gasteiger partial charge in [-0.3, -0.25) is 9.89 Å². The molecule has 1 saturated heterocycles. The molecule has 0 saturated carbocycles. The molecule has 0 amide bonds. The number of aliphatic imine (C=N–C) groups is 1. The van der Waals surface area contributed by atoms with E-state index in [2.05, 4.69) is 60.7 Å². The first-order valence-corrected chi connectivity index (χ1v) is 10.2. The first-order chi connectivity index (χ1) is 12.9. The molecule has 1 aromatic rings. The fourth-order valence-electron chi connectivity index (χ4n) is 3.13. The Labute approximate surface area is 190 Å². The van der Waals surface area contributed by atoms with Crippen LogP contribution in [0.1, 0.15) is 37.7 Å². The van der Waals surface area contributed by atoms with Gasteiger partial charge in [-0.15, -0.1) is 24.0 Å². The SMILES string of the molecule is CN=C(NCCCCC(F)(F)F)NC1CCN(Cc2ccc(Br)cc2)CC1.I. The second-order valence-corrected chi connectivity index (χ2v) is 7.81. The van der Waals surface area contributed by atoms with Crippen molar-refractivity contribution in [1.29, 1.82) is 0 Å². The van der Waals surface area contributed by atoms with E-state index in [1.165, 1.54) is 5.56 Å². The monoisotopic (exact) mass is 576 g/mol. The van der Waals surface area contributed by atoms with Gasteiger partial charge < -0.3 is 10.6 Å². The second kappa shape index (κ2) is 12.9. The third kappa shape index (κ3) is 10.3. The van der Waals surface area contributed by atoms with Crippen molar-refractivity contribution in [3.8, 4) is 0 Å². The summed E-state index contributed by atoms with van der Waals surface area (Å²) in [5.41, 5.74) is 1.31. The Hall–Kier alpha value is -0.550. The number of likely N-dealkylation sites (tertiary alicyclic amines) is 1. The van der Waals surface area contributed by atoms with Crippen molar-refractivity contribution in [3.05, 3.63) is 34.3 Å². The Balaban J connectivity index is 0.00000392. The van der Waals surface area contributed by atoms with E-state index in [9.17, 15) is 13.2 Å². The molecule has 0 radical (unpaired) electrons. The summed E-state index contributed by atoms with van der Waals surface area (Å²) in [6.07, 6.45) is -2.13. The Bertz CT molecular complexity index is 588. The highest BCUT2D eigenvalue weighted by molar-refractivity contribution is 14.0. The Morgan fingerprint density at radius 1 is 1.18 bits per heavy atom. The van der Waals surface area contributed by atoms with Gasteiger partial charge in [0.25, 0.3) is 0 Å². The van der Waals surface area contributed by atoms with Crippen molar-refractivity contribution in [2.24, 2.45) is 4.99 Å². The summed E-state index contributed by atoms with van der Waals surface area (Å²) in [6.45, 7) is 3.47. The van der Waals surface area contributed by atoms with Crippen LogP contribution in [0.2, 0.25) is 0 Å². The topological polar surface area (TPSA) is 39.7 Å². The van der Waals surface area contributed by atoms with Gasteiger partial charge in [-0.1, -0.05) is 28.1 Å². The van der Waals surface area contributed by atoms with Crippen LogP contribution >= 0.6 is 39.9 Å². The lowest BCUT2D eigenvalue weighted by molar-refractivity contribution is -0.135. The summed E-state index contributed by atoms with van der Waals surface area (Å²) in [4.78, 5) is 6.62. The first-order valence-electron chi connectivity index (χ1n) is 9.36. The lowest BCUT2D eigenvalue weighted by Gasteiger charge is -2.33. The molecule has 0 atom stereocenters. The standard InChI is InChI=1S/C19H28BrF3N4.HI/c1-24-18(25-11-3-2-10-19(21,22)23)26-17-8-12-27(13-9-17)14-15-4-6-16(20)7-5-15;/h4-7,17H,2-3,8-14H2,1H3,(H2,24,25,26);1H. The highest BCUT2D eigenvalue weighted by Gasteiger charge is 2.25. The fraction of sp³-hybridized carbons (Fsp3) is 0.632. The van der Waals surface area contributed by atoms with Crippen LogP contribution in [0, 0.1) is 0 Å². The molecule has 1 aliphatic heterocycles. The predicted molar refractivity (Wildman–Crippen MR) is 122 cm³/mol. The van der Waals surface area contributed by atoms with Gasteiger partial charge in [0.2, 0.25) is 0 Å². The van der Waals surface area contributed by atoms with Crippen molar-refractivity contribution < 1.29 is 13.2 Å². The summed E-state index contributed by atoms with van der Waals surface area (Å²) >= 11 is 3.45. The number of rotatable bonds is 7. The number of hydrogen-bond donors (Lipinski definition) is 2. The zero-order valence-corrected chi connectivity index (χ0v) is 20.0. The normalized spacial score (nSPS) is 16.5. The molecule has 160 valence electrons. The molecular weight excluding hydrogens is 548 g/mol. The summed E-state index contributed by atoms with van der Waals surface area (Å²) in [7, 11) is 1.69. The van der Waals surface area contributed by atoms with Crippen LogP contribution in [0.4, 0.5) is 13.2 Å². The smallest absolute Gasteiger partial charge is 0.356 e. The predicted octanol–water partition coefficient (Wildman–Crippen LogP) is 4.93. The van der Waals surface area contributed by atoms with Gasteiger partial charge in [0.05, 0.1) is 0 Å². The van der Waals surface area contributed by atoms with Crippen molar-refractivity contribution >= 4 is 45.9 Å². The van der Waals surface area contributed by atoms with Gasteiger partial charge >= 0.3 is 6.18 Å². The minimum Gasteiger partial charge on any atom is -0.356 e. The minimum absolute atomic E-state index is 0. The molecule has 1 aliphatic rings. The molecule has 0 spiro atoms. The first kappa shape index (κ1) is 25.5. The summed E-state index contributed by atoms with van der Waals surface area (Å²) in [5.74, 6) is 0.674. The maximum absolute atomic E-state index is 12.1. The molecule has 2 N–H and O–H groups in total. The number of unbranched alkanes of at least 4 members (excludes halogenated alkanes) is 1. The van der Waals surface area contributed by atoms with E-state index >= 15 is 0 Å². The summed E-state index contributed by atoms with van der Waals surface area (Å²) < 4.78 is 37.5. The van der Waals surface area contributed by atoms with Gasteiger partial charge in [-0.25, -0.2) is 0 Å². The number of benzene rings is 1. The van der Waals surface area contributed by atoms with Crippen LogP contribution in [0.25, 0.3) is 0 Å². The molecule has 2 rings (SSSR count). The van der Waals surface area contributed by atoms with E-state index in [1.54, 1.807) is 7.05 Å². The highest BCUT2D eigenvalue weighted by atomic mass is 127. The Morgan fingerprint density at radius 2 is 1.82 bits per heavy atom. The zero-order chi connectivity index (χ0) is 19.7. The Morgan fingerprint density at radius 3 is 2.39 bits per heavy atom. The van der Waals surface area contributed by atoms with Crippen molar-refractivity contribution in [3.63, 3.8) is 0 Å². The molecule has 1 heterocycles. The molecular formula is C19H29BrF3IN4. The number of nitrogens with one attached hydrogen (secondary N) is 2. The molecule has 1 aromatic carbocycles. The van der Waals surface area contributed by atoms with E-state index < -0.39 is 12.6 Å². The third-order valence-corrected chi connectivity index (χ3v) is 5.18. The quantitative estimate of drug-likeness (QED) is 0.209. The molecule has 28 heavy (non-hydrogen) atoms. The van der Waals surface area contributed by atoms with E-state index in [4.69, 9.17) is 0 Å². The summed E-state index contributed by atoms with van der Waals surface area (Å²) in [6, 6.07) is 8.74. The summed E-state index contributed by atoms with van der Waals surface area (Å²) in [5, 5.41) is 6.50. The number of guanidine groups is 1. The van der Waals surface area contributed by atoms with Crippen LogP contribution < -0.4 is 10.6 Å². The molecule has 0 bridgehead atoms. The van der Waals surface area contributed by atoms with E-state index in [0.717, 1.165) is 36.9 Å². The van der Waals surface area contributed by atoms with E-state index in [0.29, 0.717) is 25.0 Å². The van der Waals surface area contributed by atoms with Gasteiger partial charge in [-0.2, -0.15) is 13.2 Å². The number of alkyl halides is 3. The number of hydrogen-bond acceptors (Lipinski definition) is 2. The zero-order valence-electron chi connectivity index (χ0n) is 16.1. The lowest BCUT2D eigenvalue weighted by atomic mass is 10.0. The van der Waals surface area contributed by atoms with Crippen molar-refractivity contribution in [2.45, 2.75) is 50.9 Å². The van der Waals surface area contributed by atoms with E-state index in [1.807, 2.05) is 0 Å². The van der Waals surface area contributed by atoms with Gasteiger partial charge in [-0.05, 0) is 43.4 Å². The molecule has 4 nitrogen and oxygen atoms in total. The number of piperidine rings is 1. The van der Waals surface area contributed by atoms with Crippen LogP contribution in [0.15, 0.2) is 33.7 Å². The van der Waals surface area contributed by atoms with Gasteiger partial charge in [0.15, 0.2) is 5.96 Å². The average Bonchev–Trinajstić information content (AvgIpc) is 2.63. The van der Waals surface area contributed by atoms with Crippen LogP contribution in [0.5, 0.6) is 0 Å². The second-order valence-electron chi connectivity index (χ2n) is 6.89. The molecule has 0 unspecified atom stereocenters.